The molecule has 0 saturated heterocycles. The van der Waals surface area contributed by atoms with Gasteiger partial charge in [0.25, 0.3) is 11.2 Å². The zero-order chi connectivity index (χ0) is 21.3. The van der Waals surface area contributed by atoms with Crippen LogP contribution in [0, 0.1) is 10.1 Å². The van der Waals surface area contributed by atoms with Crippen LogP contribution in [0.5, 0.6) is 0 Å². The smallest absolute Gasteiger partial charge is 0.320 e. The number of halogens is 6. The number of nitrogens with zero attached hydrogens (tertiary/aromatic N) is 3. The van der Waals surface area contributed by atoms with Gasteiger partial charge in [-0.1, -0.05) is 6.08 Å². The third-order valence-corrected chi connectivity index (χ3v) is 3.38. The quantitative estimate of drug-likeness (QED) is 0.348. The summed E-state index contributed by atoms with van der Waals surface area (Å²) in [6, 6.07) is 1.59. The van der Waals surface area contributed by atoms with Crippen molar-refractivity contribution in [1.29, 1.82) is 0 Å². The van der Waals surface area contributed by atoms with Crippen LogP contribution in [-0.4, -0.2) is 14.5 Å². The molecule has 0 saturated carbocycles. The highest BCUT2D eigenvalue weighted by atomic mass is 19.4. The maximum atomic E-state index is 12.9. The second kappa shape index (κ2) is 7.32. The predicted octanol–water partition coefficient (Wildman–Crippen LogP) is 4.12. The molecule has 0 aliphatic heterocycles. The number of rotatable bonds is 5. The normalized spacial score (nSPS) is 11.9. The van der Waals surface area contributed by atoms with Crippen molar-refractivity contribution in [2.24, 2.45) is 0 Å². The fourth-order valence-electron chi connectivity index (χ4n) is 2.14. The van der Waals surface area contributed by atoms with Gasteiger partial charge >= 0.3 is 12.4 Å². The first kappa shape index (κ1) is 20.9. The van der Waals surface area contributed by atoms with Crippen LogP contribution < -0.4 is 10.9 Å². The Balaban J connectivity index is 2.64. The minimum absolute atomic E-state index is 0.214. The molecule has 28 heavy (non-hydrogen) atoms. The van der Waals surface area contributed by atoms with Gasteiger partial charge in [-0.3, -0.25) is 19.5 Å². The van der Waals surface area contributed by atoms with Crippen molar-refractivity contribution in [3.05, 3.63) is 68.6 Å². The highest BCUT2D eigenvalue weighted by Crippen LogP contribution is 2.36. The summed E-state index contributed by atoms with van der Waals surface area (Å²) in [6.45, 7) is 3.03. The second-order valence-electron chi connectivity index (χ2n) is 5.31. The standard InChI is InChI=1S/C15H10F6N4O3/c1-2-5-24-12(26)7-11(15(19,20)21)23-13(24)22-9-4-3-8(14(16,17)18)6-10(9)25(27)28/h2-4,6-7H,1,5H2,(H,22,23). The first-order valence-corrected chi connectivity index (χ1v) is 7.27. The molecular formula is C15H10F6N4O3. The van der Waals surface area contributed by atoms with Crippen LogP contribution >= 0.6 is 0 Å². The number of hydrogen-bond donors (Lipinski definition) is 1. The lowest BCUT2D eigenvalue weighted by atomic mass is 10.1. The SMILES string of the molecule is C=CCn1c(Nc2ccc(C(F)(F)F)cc2[N+](=O)[O-])nc(C(F)(F)F)cc1=O. The van der Waals surface area contributed by atoms with Crippen LogP contribution in [-0.2, 0) is 18.9 Å². The summed E-state index contributed by atoms with van der Waals surface area (Å²) in [5.74, 6) is -0.748. The lowest BCUT2D eigenvalue weighted by Gasteiger charge is -2.15. The highest BCUT2D eigenvalue weighted by Gasteiger charge is 2.35. The van der Waals surface area contributed by atoms with Crippen molar-refractivity contribution in [2.45, 2.75) is 18.9 Å². The predicted molar refractivity (Wildman–Crippen MR) is 85.1 cm³/mol. The minimum atomic E-state index is -4.99. The molecule has 1 heterocycles. The number of nitro groups is 1. The van der Waals surface area contributed by atoms with Gasteiger partial charge in [0.1, 0.15) is 5.69 Å². The summed E-state index contributed by atoms with van der Waals surface area (Å²) in [5, 5.41) is 13.2. The zero-order valence-corrected chi connectivity index (χ0v) is 13.6. The molecule has 1 N–H and O–H groups in total. The molecule has 0 atom stereocenters. The fraction of sp³-hybridized carbons (Fsp3) is 0.200. The van der Waals surface area contributed by atoms with E-state index in [2.05, 4.69) is 16.9 Å². The van der Waals surface area contributed by atoms with E-state index in [4.69, 9.17) is 0 Å². The van der Waals surface area contributed by atoms with Gasteiger partial charge in [-0.2, -0.15) is 26.3 Å². The number of hydrogen-bond acceptors (Lipinski definition) is 5. The zero-order valence-electron chi connectivity index (χ0n) is 13.6. The van der Waals surface area contributed by atoms with Gasteiger partial charge in [-0.15, -0.1) is 6.58 Å². The van der Waals surface area contributed by atoms with E-state index in [0.29, 0.717) is 16.7 Å². The van der Waals surface area contributed by atoms with Crippen LogP contribution in [0.1, 0.15) is 11.3 Å². The average molecular weight is 408 g/mol. The summed E-state index contributed by atoms with van der Waals surface area (Å²) >= 11 is 0. The van der Waals surface area contributed by atoms with E-state index in [9.17, 15) is 41.3 Å². The fourth-order valence-corrected chi connectivity index (χ4v) is 2.14. The molecule has 0 spiro atoms. The molecule has 0 amide bonds. The first-order chi connectivity index (χ1) is 12.8. The van der Waals surface area contributed by atoms with Gasteiger partial charge in [-0.25, -0.2) is 4.98 Å². The van der Waals surface area contributed by atoms with E-state index in [0.717, 1.165) is 6.08 Å². The maximum absolute atomic E-state index is 12.9. The number of nitrogens with one attached hydrogen (secondary N) is 1. The van der Waals surface area contributed by atoms with E-state index in [1.165, 1.54) is 0 Å². The van der Waals surface area contributed by atoms with Gasteiger partial charge in [0.05, 0.1) is 10.5 Å². The molecule has 1 aromatic heterocycles. The first-order valence-electron chi connectivity index (χ1n) is 7.27. The summed E-state index contributed by atoms with van der Waals surface area (Å²) in [7, 11) is 0. The van der Waals surface area contributed by atoms with E-state index in [-0.39, 0.29) is 18.7 Å². The minimum Gasteiger partial charge on any atom is -0.320 e. The number of allylic oxidation sites excluding steroid dienone is 1. The van der Waals surface area contributed by atoms with E-state index in [1.54, 1.807) is 0 Å². The highest BCUT2D eigenvalue weighted by molar-refractivity contribution is 5.67. The molecule has 0 aliphatic rings. The van der Waals surface area contributed by atoms with Crippen molar-refractivity contribution >= 4 is 17.3 Å². The Morgan fingerprint density at radius 1 is 1.18 bits per heavy atom. The van der Waals surface area contributed by atoms with Crippen molar-refractivity contribution in [3.8, 4) is 0 Å². The molecule has 2 aromatic rings. The largest absolute Gasteiger partial charge is 0.433 e. The van der Waals surface area contributed by atoms with Crippen molar-refractivity contribution in [3.63, 3.8) is 0 Å². The molecular weight excluding hydrogens is 398 g/mol. The number of anilines is 2. The van der Waals surface area contributed by atoms with Gasteiger partial charge < -0.3 is 5.32 Å². The van der Waals surface area contributed by atoms with E-state index < -0.39 is 51.4 Å². The van der Waals surface area contributed by atoms with Crippen LogP contribution in [0.3, 0.4) is 0 Å². The third-order valence-electron chi connectivity index (χ3n) is 3.38. The molecule has 0 bridgehead atoms. The molecule has 13 heteroatoms. The average Bonchev–Trinajstić information content (AvgIpc) is 2.56. The number of aromatic nitrogens is 2. The lowest BCUT2D eigenvalue weighted by Crippen LogP contribution is -2.26. The summed E-state index contributed by atoms with van der Waals surface area (Å²) < 4.78 is 77.7. The Morgan fingerprint density at radius 3 is 2.32 bits per heavy atom. The maximum Gasteiger partial charge on any atom is 0.433 e. The van der Waals surface area contributed by atoms with Crippen LogP contribution in [0.15, 0.2) is 41.7 Å². The van der Waals surface area contributed by atoms with E-state index in [1.807, 2.05) is 0 Å². The van der Waals surface area contributed by atoms with E-state index >= 15 is 0 Å². The second-order valence-corrected chi connectivity index (χ2v) is 5.31. The molecule has 7 nitrogen and oxygen atoms in total. The molecule has 2 rings (SSSR count). The number of alkyl halides is 6. The molecule has 0 fully saturated rings. The number of nitro benzene ring substituents is 1. The Bertz CT molecular complexity index is 981. The van der Waals surface area contributed by atoms with Gasteiger partial charge in [0.2, 0.25) is 5.95 Å². The molecule has 0 aliphatic carbocycles. The summed E-state index contributed by atoms with van der Waals surface area (Å²) in [6.07, 6.45) is -8.71. The van der Waals surface area contributed by atoms with Crippen LogP contribution in [0.4, 0.5) is 43.7 Å². The molecule has 150 valence electrons. The Hall–Kier alpha value is -3.38. The Kier molecular flexibility index (Phi) is 5.47. The van der Waals surface area contributed by atoms with Crippen molar-refractivity contribution in [1.82, 2.24) is 9.55 Å². The summed E-state index contributed by atoms with van der Waals surface area (Å²) in [5.41, 5.74) is -5.69. The van der Waals surface area contributed by atoms with Crippen LogP contribution in [0.2, 0.25) is 0 Å². The molecule has 0 radical (unpaired) electrons. The monoisotopic (exact) mass is 408 g/mol. The van der Waals surface area contributed by atoms with Gasteiger partial charge in [0.15, 0.2) is 5.69 Å². The summed E-state index contributed by atoms with van der Waals surface area (Å²) in [4.78, 5) is 25.1. The topological polar surface area (TPSA) is 90.1 Å². The van der Waals surface area contributed by atoms with Crippen molar-refractivity contribution < 1.29 is 31.3 Å². The lowest BCUT2D eigenvalue weighted by molar-refractivity contribution is -0.384. The molecule has 0 unspecified atom stereocenters. The van der Waals surface area contributed by atoms with Crippen LogP contribution in [0.25, 0.3) is 0 Å². The van der Waals surface area contributed by atoms with Crippen molar-refractivity contribution in [2.75, 3.05) is 5.32 Å². The van der Waals surface area contributed by atoms with Gasteiger partial charge in [-0.05, 0) is 12.1 Å². The third kappa shape index (κ3) is 4.47. The number of benzene rings is 1. The van der Waals surface area contributed by atoms with Gasteiger partial charge in [0, 0.05) is 18.7 Å². The Labute approximate surface area is 152 Å². The Morgan fingerprint density at radius 2 is 1.82 bits per heavy atom. The molecule has 1 aromatic carbocycles.